The van der Waals surface area contributed by atoms with Crippen LogP contribution in [0.2, 0.25) is 5.02 Å². The number of aliphatic imine (C=N–C) groups is 1. The van der Waals surface area contributed by atoms with E-state index in [1.807, 2.05) is 6.07 Å². The van der Waals surface area contributed by atoms with E-state index < -0.39 is 0 Å². The number of nitrogens with one attached hydrogen (secondary N) is 1. The number of anilines is 2. The number of nitrogens with two attached hydrogens (primary N) is 1. The van der Waals surface area contributed by atoms with Crippen molar-refractivity contribution in [1.29, 1.82) is 0 Å². The zero-order chi connectivity index (χ0) is 14.1. The Kier molecular flexibility index (Phi) is 3.42. The lowest BCUT2D eigenvalue weighted by atomic mass is 10.1. The van der Waals surface area contributed by atoms with Crippen molar-refractivity contribution in [3.8, 4) is 0 Å². The summed E-state index contributed by atoms with van der Waals surface area (Å²) in [6, 6.07) is 1.82. The Hall–Kier alpha value is -1.92. The highest BCUT2D eigenvalue weighted by Gasteiger charge is 2.20. The number of hydrogen-bond donors (Lipinski definition) is 2. The maximum absolute atomic E-state index is 6.27. The number of halogens is 1. The normalized spacial score (nSPS) is 15.6. The number of pyridine rings is 2. The highest BCUT2D eigenvalue weighted by Crippen LogP contribution is 2.30. The minimum atomic E-state index is 0.556. The molecule has 0 aromatic carbocycles. The summed E-state index contributed by atoms with van der Waals surface area (Å²) >= 11 is 6.01. The highest BCUT2D eigenvalue weighted by atomic mass is 35.5. The van der Waals surface area contributed by atoms with E-state index in [0.717, 1.165) is 36.5 Å². The van der Waals surface area contributed by atoms with Crippen LogP contribution in [0.15, 0.2) is 17.3 Å². The van der Waals surface area contributed by atoms with E-state index in [0.29, 0.717) is 16.4 Å². The molecule has 0 unspecified atom stereocenters. The van der Waals surface area contributed by atoms with Gasteiger partial charge in [0.2, 0.25) is 0 Å². The second-order valence-corrected chi connectivity index (χ2v) is 5.03. The van der Waals surface area contributed by atoms with Gasteiger partial charge in [-0.25, -0.2) is 9.97 Å². The van der Waals surface area contributed by atoms with Gasteiger partial charge in [0, 0.05) is 43.5 Å². The highest BCUT2D eigenvalue weighted by molar-refractivity contribution is 6.31. The van der Waals surface area contributed by atoms with Crippen LogP contribution in [0.5, 0.6) is 0 Å². The molecule has 0 bridgehead atoms. The molecule has 0 radical (unpaired) electrons. The Morgan fingerprint density at radius 2 is 2.40 bits per heavy atom. The molecule has 3 heterocycles. The van der Waals surface area contributed by atoms with Crippen molar-refractivity contribution < 1.29 is 0 Å². The summed E-state index contributed by atoms with van der Waals surface area (Å²) in [5.74, 6) is 0.743. The first-order valence-corrected chi connectivity index (χ1v) is 6.71. The van der Waals surface area contributed by atoms with Gasteiger partial charge in [-0.2, -0.15) is 0 Å². The monoisotopic (exact) mass is 290 g/mol. The lowest BCUT2D eigenvalue weighted by molar-refractivity contribution is 0.850. The molecule has 3 N–H and O–H groups in total. The van der Waals surface area contributed by atoms with Crippen LogP contribution in [0.1, 0.15) is 5.56 Å². The van der Waals surface area contributed by atoms with Crippen molar-refractivity contribution in [2.24, 2.45) is 4.99 Å². The molecule has 0 amide bonds. The molecule has 1 aliphatic rings. The Labute approximate surface area is 121 Å². The van der Waals surface area contributed by atoms with Gasteiger partial charge in [0.1, 0.15) is 0 Å². The summed E-state index contributed by atoms with van der Waals surface area (Å²) in [6.45, 7) is 2.53. The van der Waals surface area contributed by atoms with Crippen LogP contribution >= 0.6 is 11.6 Å². The molecule has 0 aliphatic carbocycles. The van der Waals surface area contributed by atoms with Crippen LogP contribution in [0.4, 0.5) is 11.5 Å². The molecular weight excluding hydrogens is 276 g/mol. The molecule has 1 saturated heterocycles. The smallest absolute Gasteiger partial charge is 0.162 e. The molecule has 2 aromatic rings. The quantitative estimate of drug-likeness (QED) is 0.815. The SMILES string of the molecule is CN=Cc1c(N)c(N2CCNC2)nc2ncc(Cl)cc12. The van der Waals surface area contributed by atoms with E-state index in [-0.39, 0.29) is 0 Å². The molecule has 0 spiro atoms. The Morgan fingerprint density at radius 1 is 1.55 bits per heavy atom. The molecule has 1 aliphatic heterocycles. The largest absolute Gasteiger partial charge is 0.395 e. The minimum Gasteiger partial charge on any atom is -0.395 e. The number of rotatable bonds is 2. The molecular formula is C13H15ClN6. The molecule has 0 atom stereocenters. The van der Waals surface area contributed by atoms with E-state index in [1.54, 1.807) is 19.5 Å². The van der Waals surface area contributed by atoms with Gasteiger partial charge in [-0.05, 0) is 6.07 Å². The van der Waals surface area contributed by atoms with Crippen molar-refractivity contribution in [3.05, 3.63) is 22.8 Å². The van der Waals surface area contributed by atoms with Gasteiger partial charge < -0.3 is 10.6 Å². The van der Waals surface area contributed by atoms with Crippen molar-refractivity contribution >= 4 is 40.4 Å². The third kappa shape index (κ3) is 2.17. The van der Waals surface area contributed by atoms with E-state index >= 15 is 0 Å². The average molecular weight is 291 g/mol. The summed E-state index contributed by atoms with van der Waals surface area (Å²) in [6.07, 6.45) is 3.32. The van der Waals surface area contributed by atoms with E-state index in [4.69, 9.17) is 17.3 Å². The predicted molar refractivity (Wildman–Crippen MR) is 82.7 cm³/mol. The van der Waals surface area contributed by atoms with Crippen LogP contribution in [0, 0.1) is 0 Å². The van der Waals surface area contributed by atoms with Crippen molar-refractivity contribution in [3.63, 3.8) is 0 Å². The van der Waals surface area contributed by atoms with Gasteiger partial charge in [0.25, 0.3) is 0 Å². The van der Waals surface area contributed by atoms with Gasteiger partial charge in [-0.15, -0.1) is 0 Å². The first-order chi connectivity index (χ1) is 9.70. The zero-order valence-corrected chi connectivity index (χ0v) is 11.9. The summed E-state index contributed by atoms with van der Waals surface area (Å²) in [7, 11) is 1.71. The fourth-order valence-corrected chi connectivity index (χ4v) is 2.50. The van der Waals surface area contributed by atoms with Gasteiger partial charge >= 0.3 is 0 Å². The third-order valence-corrected chi connectivity index (χ3v) is 3.49. The van der Waals surface area contributed by atoms with Crippen LogP contribution in [0.25, 0.3) is 11.0 Å². The molecule has 1 fully saturated rings. The molecule has 20 heavy (non-hydrogen) atoms. The number of fused-ring (bicyclic) bond motifs is 1. The van der Waals surface area contributed by atoms with Gasteiger partial charge in [-0.1, -0.05) is 11.6 Å². The first-order valence-electron chi connectivity index (χ1n) is 6.33. The summed E-state index contributed by atoms with van der Waals surface area (Å²) in [5, 5.41) is 4.63. The minimum absolute atomic E-state index is 0.556. The maximum atomic E-state index is 6.27. The number of nitrogen functional groups attached to an aromatic ring is 1. The van der Waals surface area contributed by atoms with E-state index in [9.17, 15) is 0 Å². The van der Waals surface area contributed by atoms with Gasteiger partial charge in [-0.3, -0.25) is 10.3 Å². The van der Waals surface area contributed by atoms with Gasteiger partial charge in [0.05, 0.1) is 17.4 Å². The van der Waals surface area contributed by atoms with Crippen molar-refractivity contribution in [2.45, 2.75) is 0 Å². The number of nitrogens with zero attached hydrogens (tertiary/aromatic N) is 4. The molecule has 2 aromatic heterocycles. The average Bonchev–Trinajstić information content (AvgIpc) is 2.96. The van der Waals surface area contributed by atoms with Crippen LogP contribution in [0.3, 0.4) is 0 Å². The van der Waals surface area contributed by atoms with Crippen LogP contribution in [-0.2, 0) is 0 Å². The maximum Gasteiger partial charge on any atom is 0.162 e. The molecule has 7 heteroatoms. The lowest BCUT2D eigenvalue weighted by Gasteiger charge is -2.19. The van der Waals surface area contributed by atoms with E-state index in [2.05, 4.69) is 25.2 Å². The molecule has 6 nitrogen and oxygen atoms in total. The fraction of sp³-hybridized carbons (Fsp3) is 0.308. The lowest BCUT2D eigenvalue weighted by Crippen LogP contribution is -2.24. The Bertz CT molecular complexity index is 678. The second kappa shape index (κ2) is 5.22. The molecule has 0 saturated carbocycles. The Balaban J connectivity index is 2.27. The summed E-state index contributed by atoms with van der Waals surface area (Å²) < 4.78 is 0. The van der Waals surface area contributed by atoms with Crippen LogP contribution < -0.4 is 16.0 Å². The Morgan fingerprint density at radius 3 is 3.10 bits per heavy atom. The second-order valence-electron chi connectivity index (χ2n) is 4.60. The fourth-order valence-electron chi connectivity index (χ4n) is 2.34. The molecule has 104 valence electrons. The standard InChI is InChI=1S/C13H15ClN6/c1-16-6-10-9-4-8(14)5-18-12(9)19-13(11(10)15)20-3-2-17-7-20/h4-6,17H,2-3,7,15H2,1H3. The number of hydrogen-bond acceptors (Lipinski definition) is 6. The predicted octanol–water partition coefficient (Wildman–Crippen LogP) is 1.28. The van der Waals surface area contributed by atoms with E-state index in [1.165, 1.54) is 0 Å². The van der Waals surface area contributed by atoms with Crippen molar-refractivity contribution in [1.82, 2.24) is 15.3 Å². The molecule has 3 rings (SSSR count). The first kappa shape index (κ1) is 13.1. The third-order valence-electron chi connectivity index (χ3n) is 3.29. The summed E-state index contributed by atoms with van der Waals surface area (Å²) in [5.41, 5.74) is 8.32. The van der Waals surface area contributed by atoms with Crippen LogP contribution in [-0.4, -0.2) is 43.0 Å². The van der Waals surface area contributed by atoms with Crippen molar-refractivity contribution in [2.75, 3.05) is 37.4 Å². The topological polar surface area (TPSA) is 79.4 Å². The van der Waals surface area contributed by atoms with Gasteiger partial charge in [0.15, 0.2) is 11.5 Å². The summed E-state index contributed by atoms with van der Waals surface area (Å²) in [4.78, 5) is 15.0. The zero-order valence-electron chi connectivity index (χ0n) is 11.1. The number of aromatic nitrogens is 2.